The first-order valence-electron chi connectivity index (χ1n) is 9.22. The second-order valence-corrected chi connectivity index (χ2v) is 8.45. The Bertz CT molecular complexity index is 909. The van der Waals surface area contributed by atoms with Crippen LogP contribution in [0.4, 0.5) is 0 Å². The number of aliphatic hydroxyl groups excluding tert-OH is 1. The molecule has 0 aliphatic carbocycles. The predicted octanol–water partition coefficient (Wildman–Crippen LogP) is 0.213. The Morgan fingerprint density at radius 1 is 0.903 bits per heavy atom. The molecule has 0 saturated carbocycles. The van der Waals surface area contributed by atoms with Gasteiger partial charge < -0.3 is 24.1 Å². The van der Waals surface area contributed by atoms with E-state index in [2.05, 4.69) is 0 Å². The first-order valence-corrected chi connectivity index (χ1v) is 10.6. The van der Waals surface area contributed by atoms with Crippen molar-refractivity contribution in [3.05, 3.63) is 29.8 Å². The molecule has 31 heavy (non-hydrogen) atoms. The Labute approximate surface area is 179 Å². The average Bonchev–Trinajstić information content (AvgIpc) is 2.65. The van der Waals surface area contributed by atoms with Gasteiger partial charge in [0.1, 0.15) is 6.10 Å². The van der Waals surface area contributed by atoms with Crippen LogP contribution in [-0.4, -0.2) is 68.7 Å². The second kappa shape index (κ2) is 10.2. The maximum absolute atomic E-state index is 12.5. The van der Waals surface area contributed by atoms with Crippen LogP contribution >= 0.6 is 0 Å². The Hall–Kier alpha value is -2.54. The van der Waals surface area contributed by atoms with Gasteiger partial charge in [-0.15, -0.1) is 0 Å². The normalized spacial score (nSPS) is 26.0. The van der Waals surface area contributed by atoms with Gasteiger partial charge in [0.15, 0.2) is 24.6 Å². The van der Waals surface area contributed by atoms with Gasteiger partial charge in [0.25, 0.3) is 10.1 Å². The minimum Gasteiger partial charge on any atom is -0.456 e. The minimum atomic E-state index is -4.21. The van der Waals surface area contributed by atoms with Crippen LogP contribution in [0.3, 0.4) is 0 Å². The largest absolute Gasteiger partial charge is 0.456 e. The number of aliphatic hydroxyl groups is 1. The molecule has 1 saturated heterocycles. The third-order valence-corrected chi connectivity index (χ3v) is 5.51. The number of benzene rings is 1. The Kier molecular flexibility index (Phi) is 8.12. The van der Waals surface area contributed by atoms with Gasteiger partial charge in [-0.2, -0.15) is 8.42 Å². The van der Waals surface area contributed by atoms with Crippen molar-refractivity contribution in [2.24, 2.45) is 0 Å². The number of hydrogen-bond acceptors (Lipinski definition) is 11. The number of rotatable bonds is 7. The predicted molar refractivity (Wildman–Crippen MR) is 102 cm³/mol. The van der Waals surface area contributed by atoms with Crippen LogP contribution < -0.4 is 0 Å². The van der Waals surface area contributed by atoms with Crippen LogP contribution in [0.25, 0.3) is 0 Å². The van der Waals surface area contributed by atoms with Crippen LogP contribution in [0.1, 0.15) is 26.3 Å². The molecule has 1 aliphatic rings. The lowest BCUT2D eigenvalue weighted by Crippen LogP contribution is -2.62. The Morgan fingerprint density at radius 2 is 1.39 bits per heavy atom. The lowest BCUT2D eigenvalue weighted by atomic mass is 9.98. The topological polar surface area (TPSA) is 152 Å². The highest BCUT2D eigenvalue weighted by molar-refractivity contribution is 7.86. The summed E-state index contributed by atoms with van der Waals surface area (Å²) in [5, 5.41) is 10.3. The molecule has 1 fully saturated rings. The van der Waals surface area contributed by atoms with Crippen LogP contribution in [0.15, 0.2) is 29.2 Å². The Balaban J connectivity index is 2.29. The highest BCUT2D eigenvalue weighted by atomic mass is 32.2. The van der Waals surface area contributed by atoms with Gasteiger partial charge in [-0.1, -0.05) is 17.7 Å². The molecule has 1 N–H and O–H groups in total. The SMILES string of the molecule is CC(=O)OC1C(OC(C)=O)[C@H](O)OC(COS(=O)(=O)c2ccc(C)cc2)[C@H]1OC(C)=O. The molecular formula is C19H24O11S. The summed E-state index contributed by atoms with van der Waals surface area (Å²) in [6, 6.07) is 5.87. The summed E-state index contributed by atoms with van der Waals surface area (Å²) < 4.78 is 50.5. The molecule has 1 heterocycles. The number of ether oxygens (including phenoxy) is 4. The maximum atomic E-state index is 12.5. The monoisotopic (exact) mass is 460 g/mol. The minimum absolute atomic E-state index is 0.118. The van der Waals surface area contributed by atoms with E-state index in [-0.39, 0.29) is 4.90 Å². The molecule has 12 heteroatoms. The third-order valence-electron chi connectivity index (χ3n) is 4.21. The summed E-state index contributed by atoms with van der Waals surface area (Å²) in [5.41, 5.74) is 0.841. The zero-order valence-corrected chi connectivity index (χ0v) is 18.2. The summed E-state index contributed by atoms with van der Waals surface area (Å²) in [5.74, 6) is -2.45. The molecule has 2 rings (SSSR count). The third kappa shape index (κ3) is 6.72. The second-order valence-electron chi connectivity index (χ2n) is 6.84. The zero-order chi connectivity index (χ0) is 23.3. The molecule has 0 bridgehead atoms. The summed E-state index contributed by atoms with van der Waals surface area (Å²) in [7, 11) is -4.21. The fourth-order valence-electron chi connectivity index (χ4n) is 2.94. The number of aryl methyl sites for hydroxylation is 1. The van der Waals surface area contributed by atoms with E-state index in [0.29, 0.717) is 0 Å². The molecule has 5 atom stereocenters. The molecule has 0 aromatic heterocycles. The molecule has 1 aromatic rings. The molecule has 11 nitrogen and oxygen atoms in total. The van der Waals surface area contributed by atoms with E-state index >= 15 is 0 Å². The lowest BCUT2D eigenvalue weighted by molar-refractivity contribution is -0.294. The van der Waals surface area contributed by atoms with Crippen molar-refractivity contribution < 1.29 is 51.0 Å². The quantitative estimate of drug-likeness (QED) is 0.338. The van der Waals surface area contributed by atoms with Crippen molar-refractivity contribution in [3.8, 4) is 0 Å². The molecule has 172 valence electrons. The van der Waals surface area contributed by atoms with Crippen molar-refractivity contribution in [2.75, 3.05) is 6.61 Å². The van der Waals surface area contributed by atoms with Crippen molar-refractivity contribution in [1.29, 1.82) is 0 Å². The van der Waals surface area contributed by atoms with Gasteiger partial charge in [-0.05, 0) is 19.1 Å². The van der Waals surface area contributed by atoms with E-state index in [1.54, 1.807) is 19.1 Å². The standard InChI is InChI=1S/C19H24O11S/c1-10-5-7-14(8-6-10)31(24,25)26-9-15-16(27-11(2)20)17(28-12(3)21)18(19(23)30-15)29-13(4)22/h5-8,15-19,23H,9H2,1-4H3/t15?,16-,17?,18?,19-/m1/s1. The van der Waals surface area contributed by atoms with Crippen LogP contribution in [0.5, 0.6) is 0 Å². The van der Waals surface area contributed by atoms with Gasteiger partial charge in [-0.25, -0.2) is 0 Å². The number of carbonyl (C=O) groups excluding carboxylic acids is 3. The van der Waals surface area contributed by atoms with E-state index in [1.165, 1.54) is 12.1 Å². The Morgan fingerprint density at radius 3 is 1.90 bits per heavy atom. The van der Waals surface area contributed by atoms with Gasteiger partial charge in [0, 0.05) is 20.8 Å². The first kappa shape index (κ1) is 24.7. The molecule has 1 aromatic carbocycles. The molecule has 0 amide bonds. The van der Waals surface area contributed by atoms with Gasteiger partial charge in [0.05, 0.1) is 11.5 Å². The fourth-order valence-corrected chi connectivity index (χ4v) is 3.85. The number of carbonyl (C=O) groups is 3. The van der Waals surface area contributed by atoms with Gasteiger partial charge in [0.2, 0.25) is 0 Å². The number of esters is 3. The maximum Gasteiger partial charge on any atom is 0.303 e. The van der Waals surface area contributed by atoms with Crippen LogP contribution in [-0.2, 0) is 47.6 Å². The molecule has 3 unspecified atom stereocenters. The van der Waals surface area contributed by atoms with Gasteiger partial charge >= 0.3 is 17.9 Å². The highest BCUT2D eigenvalue weighted by Gasteiger charge is 2.51. The van der Waals surface area contributed by atoms with Crippen molar-refractivity contribution in [1.82, 2.24) is 0 Å². The average molecular weight is 460 g/mol. The van der Waals surface area contributed by atoms with Gasteiger partial charge in [-0.3, -0.25) is 18.6 Å². The molecule has 0 radical (unpaired) electrons. The number of hydrogen-bond donors (Lipinski definition) is 1. The van der Waals surface area contributed by atoms with Crippen LogP contribution in [0, 0.1) is 6.92 Å². The van der Waals surface area contributed by atoms with E-state index in [1.807, 2.05) is 0 Å². The smallest absolute Gasteiger partial charge is 0.303 e. The van der Waals surface area contributed by atoms with E-state index in [4.69, 9.17) is 23.1 Å². The summed E-state index contributed by atoms with van der Waals surface area (Å²) in [6.45, 7) is 4.28. The van der Waals surface area contributed by atoms with Crippen molar-refractivity contribution in [3.63, 3.8) is 0 Å². The lowest BCUT2D eigenvalue weighted by Gasteiger charge is -2.42. The van der Waals surface area contributed by atoms with Crippen molar-refractivity contribution in [2.45, 2.75) is 63.3 Å². The molecule has 1 aliphatic heterocycles. The summed E-state index contributed by atoms with van der Waals surface area (Å²) in [4.78, 5) is 34.4. The van der Waals surface area contributed by atoms with Crippen molar-refractivity contribution >= 4 is 28.0 Å². The fraction of sp³-hybridized carbons (Fsp3) is 0.526. The van der Waals surface area contributed by atoms with E-state index < -0.39 is 65.3 Å². The molecule has 0 spiro atoms. The van der Waals surface area contributed by atoms with E-state index in [0.717, 1.165) is 26.3 Å². The summed E-state index contributed by atoms with van der Waals surface area (Å²) in [6.07, 6.45) is -7.59. The summed E-state index contributed by atoms with van der Waals surface area (Å²) >= 11 is 0. The zero-order valence-electron chi connectivity index (χ0n) is 17.3. The van der Waals surface area contributed by atoms with E-state index in [9.17, 15) is 27.9 Å². The first-order chi connectivity index (χ1) is 14.4. The van der Waals surface area contributed by atoms with Crippen LogP contribution in [0.2, 0.25) is 0 Å². The molecular weight excluding hydrogens is 436 g/mol. The highest BCUT2D eigenvalue weighted by Crippen LogP contribution is 2.29.